The summed E-state index contributed by atoms with van der Waals surface area (Å²) in [4.78, 5) is 12.4. The number of aromatic nitrogens is 1. The van der Waals surface area contributed by atoms with E-state index in [0.717, 1.165) is 45.0 Å². The minimum atomic E-state index is 0.816. The van der Waals surface area contributed by atoms with Crippen LogP contribution < -0.4 is 5.73 Å². The first-order valence-electron chi connectivity index (χ1n) is 9.17. The molecule has 2 aromatic heterocycles. The molecule has 1 saturated heterocycles. The first-order chi connectivity index (χ1) is 13.2. The Hall–Kier alpha value is -2.66. The number of aliphatic imine (C=N–C) groups is 1. The molecule has 140 valence electrons. The topological polar surface area (TPSA) is 54.5 Å². The summed E-state index contributed by atoms with van der Waals surface area (Å²) < 4.78 is 1.14. The highest BCUT2D eigenvalue weighted by Crippen LogP contribution is 2.31. The zero-order valence-electron chi connectivity index (χ0n) is 16.0. The Balaban J connectivity index is 1.91. The van der Waals surface area contributed by atoms with Gasteiger partial charge in [-0.3, -0.25) is 4.99 Å². The van der Waals surface area contributed by atoms with Gasteiger partial charge >= 0.3 is 0 Å². The van der Waals surface area contributed by atoms with E-state index in [1.165, 1.54) is 24.7 Å². The molecule has 0 atom stereocenters. The molecule has 0 aliphatic carbocycles. The van der Waals surface area contributed by atoms with Crippen molar-refractivity contribution in [2.24, 2.45) is 10.7 Å². The number of hydrogen-bond acceptors (Lipinski definition) is 5. The molecule has 1 fully saturated rings. The van der Waals surface area contributed by atoms with Gasteiger partial charge in [-0.1, -0.05) is 18.7 Å². The molecule has 3 heterocycles. The summed E-state index contributed by atoms with van der Waals surface area (Å²) in [6.45, 7) is 8.50. The second-order valence-corrected chi connectivity index (χ2v) is 7.61. The second-order valence-electron chi connectivity index (χ2n) is 6.53. The number of pyridine rings is 1. The maximum Gasteiger partial charge on any atom is 0.0823 e. The van der Waals surface area contributed by atoms with Crippen molar-refractivity contribution in [3.05, 3.63) is 65.5 Å². The third kappa shape index (κ3) is 4.37. The number of allylic oxidation sites excluding steroid dienone is 6. The standard InChI is InChI=1S/C22H26N4S/c1-4-17(8-7-16(2)26-11-5-6-12-26)22-13-20-21(27-22)10-9-19(25-20)18(14-23)15-24-3/h4,7-10,13-15H,1,5-6,11-12,23H2,2-3H3/b16-7+,17-8+,18-14?,24-15?. The van der Waals surface area contributed by atoms with Crippen LogP contribution in [-0.4, -0.2) is 36.2 Å². The molecule has 4 nitrogen and oxygen atoms in total. The van der Waals surface area contributed by atoms with Crippen molar-refractivity contribution in [1.82, 2.24) is 9.88 Å². The summed E-state index contributed by atoms with van der Waals surface area (Å²) in [5, 5.41) is 0. The maximum absolute atomic E-state index is 5.71. The van der Waals surface area contributed by atoms with E-state index < -0.39 is 0 Å². The number of fused-ring (bicyclic) bond motifs is 1. The van der Waals surface area contributed by atoms with Crippen molar-refractivity contribution in [1.29, 1.82) is 0 Å². The van der Waals surface area contributed by atoms with Gasteiger partial charge < -0.3 is 10.6 Å². The van der Waals surface area contributed by atoms with Crippen molar-refractivity contribution < 1.29 is 0 Å². The van der Waals surface area contributed by atoms with Gasteiger partial charge in [0.1, 0.15) is 0 Å². The van der Waals surface area contributed by atoms with Crippen LogP contribution in [-0.2, 0) is 0 Å². The fourth-order valence-electron chi connectivity index (χ4n) is 3.20. The van der Waals surface area contributed by atoms with Crippen LogP contribution in [0.25, 0.3) is 21.4 Å². The zero-order chi connectivity index (χ0) is 19.2. The molecule has 5 heteroatoms. The van der Waals surface area contributed by atoms with Gasteiger partial charge in [0, 0.05) is 48.7 Å². The lowest BCUT2D eigenvalue weighted by Gasteiger charge is -2.17. The Bertz CT molecular complexity index is 940. The molecular weight excluding hydrogens is 352 g/mol. The molecule has 0 unspecified atom stereocenters. The van der Waals surface area contributed by atoms with Crippen LogP contribution in [0.5, 0.6) is 0 Å². The molecule has 0 saturated carbocycles. The highest BCUT2D eigenvalue weighted by molar-refractivity contribution is 7.20. The number of nitrogens with zero attached hydrogens (tertiary/aromatic N) is 3. The van der Waals surface area contributed by atoms with Gasteiger partial charge in [-0.05, 0) is 49.6 Å². The van der Waals surface area contributed by atoms with Gasteiger partial charge in [0.05, 0.1) is 15.9 Å². The second kappa shape index (κ2) is 8.82. The molecule has 0 radical (unpaired) electrons. The largest absolute Gasteiger partial charge is 0.404 e. The molecule has 1 aliphatic rings. The van der Waals surface area contributed by atoms with Gasteiger partial charge in [-0.15, -0.1) is 11.3 Å². The Kier molecular flexibility index (Phi) is 6.24. The van der Waals surface area contributed by atoms with Gasteiger partial charge in [0.15, 0.2) is 0 Å². The lowest BCUT2D eigenvalue weighted by molar-refractivity contribution is 0.428. The monoisotopic (exact) mass is 378 g/mol. The molecule has 0 bridgehead atoms. The van der Waals surface area contributed by atoms with Crippen molar-refractivity contribution in [2.45, 2.75) is 19.8 Å². The summed E-state index contributed by atoms with van der Waals surface area (Å²) >= 11 is 1.73. The predicted octanol–water partition coefficient (Wildman–Crippen LogP) is 4.87. The fourth-order valence-corrected chi connectivity index (χ4v) is 4.22. The molecule has 0 amide bonds. The first-order valence-corrected chi connectivity index (χ1v) is 9.99. The van der Waals surface area contributed by atoms with E-state index in [1.807, 2.05) is 12.1 Å². The smallest absolute Gasteiger partial charge is 0.0823 e. The number of rotatable bonds is 6. The predicted molar refractivity (Wildman–Crippen MR) is 119 cm³/mol. The number of nitrogens with two attached hydrogens (primary N) is 1. The summed E-state index contributed by atoms with van der Waals surface area (Å²) in [6.07, 6.45) is 12.1. The fraction of sp³-hybridized carbons (Fsp3) is 0.273. The Morgan fingerprint density at radius 1 is 1.26 bits per heavy atom. The van der Waals surface area contributed by atoms with E-state index in [-0.39, 0.29) is 0 Å². The molecule has 2 aromatic rings. The van der Waals surface area contributed by atoms with Crippen LogP contribution in [0.3, 0.4) is 0 Å². The van der Waals surface area contributed by atoms with E-state index >= 15 is 0 Å². The third-order valence-electron chi connectivity index (χ3n) is 4.73. The Morgan fingerprint density at radius 2 is 2.04 bits per heavy atom. The summed E-state index contributed by atoms with van der Waals surface area (Å²) in [5.41, 5.74) is 10.7. The lowest BCUT2D eigenvalue weighted by Crippen LogP contribution is -2.16. The van der Waals surface area contributed by atoms with Gasteiger partial charge in [0.25, 0.3) is 0 Å². The van der Waals surface area contributed by atoms with E-state index in [2.05, 4.69) is 47.7 Å². The van der Waals surface area contributed by atoms with E-state index in [4.69, 9.17) is 10.7 Å². The van der Waals surface area contributed by atoms with Crippen LogP contribution >= 0.6 is 11.3 Å². The number of likely N-dealkylation sites (tertiary alicyclic amines) is 1. The quantitative estimate of drug-likeness (QED) is 0.576. The molecule has 3 rings (SSSR count). The summed E-state index contributed by atoms with van der Waals surface area (Å²) in [6, 6.07) is 6.19. The normalized spacial score (nSPS) is 16.7. The Morgan fingerprint density at radius 3 is 2.70 bits per heavy atom. The van der Waals surface area contributed by atoms with E-state index in [1.54, 1.807) is 24.6 Å². The van der Waals surface area contributed by atoms with Crippen LogP contribution in [0.15, 0.2) is 59.9 Å². The highest BCUT2D eigenvalue weighted by Gasteiger charge is 2.11. The zero-order valence-corrected chi connectivity index (χ0v) is 16.8. The van der Waals surface area contributed by atoms with Crippen molar-refractivity contribution in [3.8, 4) is 0 Å². The minimum Gasteiger partial charge on any atom is -0.404 e. The first kappa shape index (κ1) is 19.1. The SMILES string of the molecule is C=C/C(=C\C=C(/C)N1CCCC1)c1cc2nc(C(C=NC)=CN)ccc2s1. The average molecular weight is 379 g/mol. The average Bonchev–Trinajstić information content (AvgIpc) is 3.35. The van der Waals surface area contributed by atoms with E-state index in [9.17, 15) is 0 Å². The van der Waals surface area contributed by atoms with Gasteiger partial charge in [0.2, 0.25) is 0 Å². The maximum atomic E-state index is 5.71. The van der Waals surface area contributed by atoms with Crippen LogP contribution in [0.4, 0.5) is 0 Å². The van der Waals surface area contributed by atoms with Gasteiger partial charge in [-0.2, -0.15) is 0 Å². The highest BCUT2D eigenvalue weighted by atomic mass is 32.1. The minimum absolute atomic E-state index is 0.816. The Labute approximate surface area is 165 Å². The van der Waals surface area contributed by atoms with E-state index in [0.29, 0.717) is 0 Å². The molecule has 0 aromatic carbocycles. The molecule has 0 spiro atoms. The third-order valence-corrected chi connectivity index (χ3v) is 5.87. The number of hydrogen-bond donors (Lipinski definition) is 1. The molecule has 2 N–H and O–H groups in total. The van der Waals surface area contributed by atoms with Gasteiger partial charge in [-0.25, -0.2) is 4.98 Å². The van der Waals surface area contributed by atoms with Crippen molar-refractivity contribution in [2.75, 3.05) is 20.1 Å². The molecule has 27 heavy (non-hydrogen) atoms. The van der Waals surface area contributed by atoms with Crippen molar-refractivity contribution in [3.63, 3.8) is 0 Å². The number of thiophene rings is 1. The summed E-state index contributed by atoms with van der Waals surface area (Å²) in [5.74, 6) is 0. The molecular formula is C22H26N4S. The summed E-state index contributed by atoms with van der Waals surface area (Å²) in [7, 11) is 1.73. The molecule has 1 aliphatic heterocycles. The van der Waals surface area contributed by atoms with Crippen LogP contribution in [0.2, 0.25) is 0 Å². The van der Waals surface area contributed by atoms with Crippen LogP contribution in [0.1, 0.15) is 30.3 Å². The lowest BCUT2D eigenvalue weighted by atomic mass is 10.1. The van der Waals surface area contributed by atoms with Crippen molar-refractivity contribution >= 4 is 38.9 Å². The van der Waals surface area contributed by atoms with Crippen LogP contribution in [0, 0.1) is 0 Å².